The summed E-state index contributed by atoms with van der Waals surface area (Å²) in [6.07, 6.45) is 3.16. The lowest BCUT2D eigenvalue weighted by atomic mass is 10.2. The van der Waals surface area contributed by atoms with Crippen LogP contribution in [0.15, 0.2) is 54.6 Å². The van der Waals surface area contributed by atoms with Crippen molar-refractivity contribution in [1.29, 1.82) is 0 Å². The van der Waals surface area contributed by atoms with Gasteiger partial charge in [0.05, 0.1) is 4.92 Å². The number of halogens is 1. The summed E-state index contributed by atoms with van der Waals surface area (Å²) in [4.78, 5) is 26.7. The molecule has 0 radical (unpaired) electrons. The Morgan fingerprint density at radius 2 is 1.70 bits per heavy atom. The Morgan fingerprint density at radius 1 is 1.07 bits per heavy atom. The second-order valence-electron chi connectivity index (χ2n) is 6.37. The summed E-state index contributed by atoms with van der Waals surface area (Å²) in [5.74, 6) is -0.120. The average molecular weight is 388 g/mol. The van der Waals surface area contributed by atoms with Gasteiger partial charge in [-0.05, 0) is 55.6 Å². The molecule has 0 unspecified atom stereocenters. The minimum absolute atomic E-state index is 0.0221. The molecule has 2 aromatic carbocycles. The van der Waals surface area contributed by atoms with Gasteiger partial charge in [0.2, 0.25) is 5.91 Å². The zero-order valence-electron chi connectivity index (χ0n) is 15.3. The van der Waals surface area contributed by atoms with Crippen molar-refractivity contribution < 1.29 is 9.72 Å². The monoisotopic (exact) mass is 387 g/mol. The molecular formula is C20H22ClN3O3. The zero-order valence-corrected chi connectivity index (χ0v) is 16.1. The molecule has 6 nitrogen and oxygen atoms in total. The molecule has 0 aromatic heterocycles. The molecule has 0 bridgehead atoms. The number of likely N-dealkylation sites (N-methyl/N-ethyl adjacent to an activating group) is 1. The van der Waals surface area contributed by atoms with Crippen molar-refractivity contribution in [2.24, 2.45) is 0 Å². The van der Waals surface area contributed by atoms with Crippen LogP contribution in [0, 0.1) is 10.1 Å². The maximum absolute atomic E-state index is 12.7. The molecule has 0 atom stereocenters. The molecule has 1 amide bonds. The fourth-order valence-electron chi connectivity index (χ4n) is 2.38. The van der Waals surface area contributed by atoms with Crippen LogP contribution in [0.5, 0.6) is 0 Å². The predicted octanol–water partition coefficient (Wildman–Crippen LogP) is 3.85. The van der Waals surface area contributed by atoms with E-state index < -0.39 is 4.92 Å². The van der Waals surface area contributed by atoms with Crippen molar-refractivity contribution in [3.63, 3.8) is 0 Å². The number of rotatable bonds is 8. The Morgan fingerprint density at radius 3 is 2.26 bits per heavy atom. The van der Waals surface area contributed by atoms with Gasteiger partial charge in [0.15, 0.2) is 0 Å². The van der Waals surface area contributed by atoms with E-state index in [9.17, 15) is 14.9 Å². The lowest BCUT2D eigenvalue weighted by Gasteiger charge is -2.23. The van der Waals surface area contributed by atoms with E-state index in [-0.39, 0.29) is 11.6 Å². The number of nitro groups is 1. The van der Waals surface area contributed by atoms with E-state index in [2.05, 4.69) is 0 Å². The predicted molar refractivity (Wildman–Crippen MR) is 108 cm³/mol. The minimum atomic E-state index is -0.451. The second kappa shape index (κ2) is 9.85. The first-order valence-electron chi connectivity index (χ1n) is 8.46. The van der Waals surface area contributed by atoms with Crippen LogP contribution < -0.4 is 0 Å². The standard InChI is InChI=1S/C20H22ClN3O3/c1-22(2)13-14-23(15-17-3-8-18(21)9-4-17)20(25)12-7-16-5-10-19(11-6-16)24(26)27/h3-12H,13-15H2,1-2H3/b12-7+. The van der Waals surface area contributed by atoms with Gasteiger partial charge in [-0.1, -0.05) is 23.7 Å². The maximum Gasteiger partial charge on any atom is 0.269 e. The third-order valence-electron chi connectivity index (χ3n) is 3.94. The number of amides is 1. The molecule has 0 aliphatic carbocycles. The molecule has 0 saturated carbocycles. The topological polar surface area (TPSA) is 66.7 Å². The molecule has 0 aliphatic heterocycles. The summed E-state index contributed by atoms with van der Waals surface area (Å²) < 4.78 is 0. The maximum atomic E-state index is 12.7. The summed E-state index contributed by atoms with van der Waals surface area (Å²) in [6.45, 7) is 1.80. The van der Waals surface area contributed by atoms with Gasteiger partial charge in [0, 0.05) is 42.9 Å². The van der Waals surface area contributed by atoms with E-state index in [1.54, 1.807) is 35.2 Å². The fourth-order valence-corrected chi connectivity index (χ4v) is 2.50. The molecule has 142 valence electrons. The molecule has 0 fully saturated rings. The molecule has 27 heavy (non-hydrogen) atoms. The number of non-ortho nitro benzene ring substituents is 1. The summed E-state index contributed by atoms with van der Waals surface area (Å²) in [7, 11) is 3.91. The molecule has 0 spiro atoms. The molecular weight excluding hydrogens is 366 g/mol. The van der Waals surface area contributed by atoms with E-state index in [1.807, 2.05) is 31.1 Å². The normalized spacial score (nSPS) is 11.1. The van der Waals surface area contributed by atoms with Gasteiger partial charge in [0.1, 0.15) is 0 Å². The van der Waals surface area contributed by atoms with Gasteiger partial charge in [-0.3, -0.25) is 14.9 Å². The van der Waals surface area contributed by atoms with Crippen molar-refractivity contribution in [3.05, 3.63) is 80.9 Å². The summed E-state index contributed by atoms with van der Waals surface area (Å²) in [5, 5.41) is 11.4. The Hall–Kier alpha value is -2.70. The molecule has 0 N–H and O–H groups in total. The van der Waals surface area contributed by atoms with Crippen LogP contribution in [0.3, 0.4) is 0 Å². The largest absolute Gasteiger partial charge is 0.334 e. The van der Waals surface area contributed by atoms with Crippen molar-refractivity contribution in [2.75, 3.05) is 27.2 Å². The van der Waals surface area contributed by atoms with E-state index in [0.717, 1.165) is 17.7 Å². The highest BCUT2D eigenvalue weighted by atomic mass is 35.5. The van der Waals surface area contributed by atoms with Crippen LogP contribution in [0.1, 0.15) is 11.1 Å². The lowest BCUT2D eigenvalue weighted by Crippen LogP contribution is -2.35. The smallest absolute Gasteiger partial charge is 0.269 e. The number of hydrogen-bond acceptors (Lipinski definition) is 4. The van der Waals surface area contributed by atoms with Gasteiger partial charge in [-0.25, -0.2) is 0 Å². The van der Waals surface area contributed by atoms with Gasteiger partial charge in [0.25, 0.3) is 5.69 Å². The Kier molecular flexibility index (Phi) is 7.52. The number of nitrogens with zero attached hydrogens (tertiary/aromatic N) is 3. The quantitative estimate of drug-likeness (QED) is 0.392. The van der Waals surface area contributed by atoms with Crippen LogP contribution in [0.2, 0.25) is 5.02 Å². The highest BCUT2D eigenvalue weighted by Gasteiger charge is 2.12. The van der Waals surface area contributed by atoms with E-state index in [4.69, 9.17) is 11.6 Å². The Labute approximate surface area is 163 Å². The van der Waals surface area contributed by atoms with Gasteiger partial charge < -0.3 is 9.80 Å². The third-order valence-corrected chi connectivity index (χ3v) is 4.19. The van der Waals surface area contributed by atoms with E-state index in [0.29, 0.717) is 18.1 Å². The highest BCUT2D eigenvalue weighted by molar-refractivity contribution is 6.30. The molecule has 0 aliphatic rings. The number of carbonyl (C=O) groups is 1. The highest BCUT2D eigenvalue weighted by Crippen LogP contribution is 2.14. The van der Waals surface area contributed by atoms with Crippen LogP contribution in [-0.2, 0) is 11.3 Å². The van der Waals surface area contributed by atoms with Crippen molar-refractivity contribution >= 4 is 29.3 Å². The Balaban J connectivity index is 2.09. The lowest BCUT2D eigenvalue weighted by molar-refractivity contribution is -0.384. The van der Waals surface area contributed by atoms with Gasteiger partial charge in [-0.15, -0.1) is 0 Å². The molecule has 0 saturated heterocycles. The third kappa shape index (κ3) is 6.84. The molecule has 2 aromatic rings. The van der Waals surface area contributed by atoms with Crippen LogP contribution in [0.4, 0.5) is 5.69 Å². The summed E-state index contributed by atoms with van der Waals surface area (Å²) >= 11 is 5.92. The van der Waals surface area contributed by atoms with Gasteiger partial charge >= 0.3 is 0 Å². The van der Waals surface area contributed by atoms with Crippen molar-refractivity contribution in [3.8, 4) is 0 Å². The summed E-state index contributed by atoms with van der Waals surface area (Å²) in [5.41, 5.74) is 1.75. The SMILES string of the molecule is CN(C)CCN(Cc1ccc(Cl)cc1)C(=O)/C=C/c1ccc([N+](=O)[O-])cc1. The van der Waals surface area contributed by atoms with Crippen LogP contribution >= 0.6 is 11.6 Å². The van der Waals surface area contributed by atoms with E-state index >= 15 is 0 Å². The molecule has 0 heterocycles. The van der Waals surface area contributed by atoms with Crippen LogP contribution in [-0.4, -0.2) is 47.8 Å². The Bertz CT molecular complexity index is 802. The molecule has 7 heteroatoms. The average Bonchev–Trinajstić information content (AvgIpc) is 2.64. The number of hydrogen-bond donors (Lipinski definition) is 0. The number of nitro benzene ring substituents is 1. The summed E-state index contributed by atoms with van der Waals surface area (Å²) in [6, 6.07) is 13.5. The first-order chi connectivity index (χ1) is 12.8. The minimum Gasteiger partial charge on any atom is -0.334 e. The van der Waals surface area contributed by atoms with Gasteiger partial charge in [-0.2, -0.15) is 0 Å². The fraction of sp³-hybridized carbons (Fsp3) is 0.250. The number of benzene rings is 2. The number of carbonyl (C=O) groups excluding carboxylic acids is 1. The first kappa shape index (κ1) is 20.6. The first-order valence-corrected chi connectivity index (χ1v) is 8.83. The van der Waals surface area contributed by atoms with Crippen LogP contribution in [0.25, 0.3) is 6.08 Å². The zero-order chi connectivity index (χ0) is 19.8. The molecule has 2 rings (SSSR count). The second-order valence-corrected chi connectivity index (χ2v) is 6.81. The van der Waals surface area contributed by atoms with Crippen molar-refractivity contribution in [2.45, 2.75) is 6.54 Å². The van der Waals surface area contributed by atoms with Crippen molar-refractivity contribution in [1.82, 2.24) is 9.80 Å². The van der Waals surface area contributed by atoms with E-state index in [1.165, 1.54) is 18.2 Å².